The maximum atomic E-state index is 11.3. The first-order valence-electron chi connectivity index (χ1n) is 4.02. The van der Waals surface area contributed by atoms with E-state index in [1.807, 2.05) is 6.92 Å². The molecule has 0 saturated carbocycles. The molecule has 0 atom stereocenters. The van der Waals surface area contributed by atoms with Crippen molar-refractivity contribution in [2.24, 2.45) is 0 Å². The molecule has 0 radical (unpaired) electrons. The molecule has 0 bridgehead atoms. The first kappa shape index (κ1) is 9.44. The van der Waals surface area contributed by atoms with Gasteiger partial charge in [-0.25, -0.2) is 9.97 Å². The normalized spacial score (nSPS) is 9.69. The molecule has 0 aliphatic carbocycles. The smallest absolute Gasteiger partial charge is 0.256 e. The van der Waals surface area contributed by atoms with Gasteiger partial charge in [-0.2, -0.15) is 0 Å². The number of anilines is 1. The van der Waals surface area contributed by atoms with Crippen LogP contribution < -0.4 is 11.1 Å². The molecule has 0 aliphatic heterocycles. The number of hydrogen-bond donors (Lipinski definition) is 2. The van der Waals surface area contributed by atoms with Crippen molar-refractivity contribution in [3.05, 3.63) is 17.6 Å². The number of rotatable bonds is 2. The van der Waals surface area contributed by atoms with Crippen molar-refractivity contribution in [2.45, 2.75) is 13.8 Å². The first-order valence-corrected chi connectivity index (χ1v) is 4.02. The van der Waals surface area contributed by atoms with Crippen LogP contribution >= 0.6 is 0 Å². The van der Waals surface area contributed by atoms with E-state index >= 15 is 0 Å². The molecule has 5 nitrogen and oxygen atoms in total. The number of amides is 1. The summed E-state index contributed by atoms with van der Waals surface area (Å²) in [5.74, 6) is 0.545. The quantitative estimate of drug-likeness (QED) is 0.677. The number of nitrogens with two attached hydrogens (primary N) is 1. The third-order valence-electron chi connectivity index (χ3n) is 1.52. The van der Waals surface area contributed by atoms with Gasteiger partial charge in [0.2, 0.25) is 0 Å². The fourth-order valence-corrected chi connectivity index (χ4v) is 0.918. The van der Waals surface area contributed by atoms with Gasteiger partial charge in [-0.1, -0.05) is 0 Å². The van der Waals surface area contributed by atoms with Crippen LogP contribution in [0.1, 0.15) is 23.1 Å². The van der Waals surface area contributed by atoms with Crippen LogP contribution in [0.5, 0.6) is 0 Å². The summed E-state index contributed by atoms with van der Waals surface area (Å²) >= 11 is 0. The number of aryl methyl sites for hydroxylation is 1. The molecule has 1 rings (SSSR count). The molecule has 13 heavy (non-hydrogen) atoms. The van der Waals surface area contributed by atoms with E-state index in [2.05, 4.69) is 15.3 Å². The lowest BCUT2D eigenvalue weighted by Gasteiger charge is -2.04. The summed E-state index contributed by atoms with van der Waals surface area (Å²) in [7, 11) is 0. The summed E-state index contributed by atoms with van der Waals surface area (Å²) in [4.78, 5) is 19.1. The highest BCUT2D eigenvalue weighted by Crippen LogP contribution is 2.06. The zero-order valence-electron chi connectivity index (χ0n) is 7.66. The molecule has 1 heterocycles. The number of nitrogens with one attached hydrogen (secondary N) is 1. The van der Waals surface area contributed by atoms with Crippen molar-refractivity contribution in [3.63, 3.8) is 0 Å². The Bertz CT molecular complexity index is 324. The number of carbonyl (C=O) groups is 1. The number of carbonyl (C=O) groups excluding carboxylic acids is 1. The Hall–Kier alpha value is -1.65. The van der Waals surface area contributed by atoms with Crippen LogP contribution in [0.2, 0.25) is 0 Å². The third-order valence-corrected chi connectivity index (χ3v) is 1.52. The van der Waals surface area contributed by atoms with Crippen LogP contribution in [0.25, 0.3) is 0 Å². The second kappa shape index (κ2) is 3.84. The van der Waals surface area contributed by atoms with Crippen LogP contribution in [-0.2, 0) is 0 Å². The van der Waals surface area contributed by atoms with E-state index < -0.39 is 0 Å². The zero-order chi connectivity index (χ0) is 9.84. The van der Waals surface area contributed by atoms with Crippen molar-refractivity contribution < 1.29 is 4.79 Å². The maximum absolute atomic E-state index is 11.3. The van der Waals surface area contributed by atoms with Gasteiger partial charge in [0.15, 0.2) is 0 Å². The lowest BCUT2D eigenvalue weighted by atomic mass is 10.3. The predicted octanol–water partition coefficient (Wildman–Crippen LogP) is 0.117. The Morgan fingerprint density at radius 3 is 2.92 bits per heavy atom. The summed E-state index contributed by atoms with van der Waals surface area (Å²) in [6.45, 7) is 4.12. The summed E-state index contributed by atoms with van der Waals surface area (Å²) in [6, 6.07) is 0. The highest BCUT2D eigenvalue weighted by Gasteiger charge is 2.09. The van der Waals surface area contributed by atoms with Gasteiger partial charge in [0.1, 0.15) is 11.6 Å². The Kier molecular flexibility index (Phi) is 2.79. The Balaban J connectivity index is 2.95. The van der Waals surface area contributed by atoms with E-state index in [4.69, 9.17) is 5.73 Å². The fourth-order valence-electron chi connectivity index (χ4n) is 0.918. The Morgan fingerprint density at radius 2 is 2.38 bits per heavy atom. The molecule has 1 amide bonds. The van der Waals surface area contributed by atoms with Gasteiger partial charge in [-0.05, 0) is 13.8 Å². The van der Waals surface area contributed by atoms with Crippen LogP contribution in [0.15, 0.2) is 6.20 Å². The van der Waals surface area contributed by atoms with Gasteiger partial charge in [0, 0.05) is 12.7 Å². The minimum atomic E-state index is -0.236. The summed E-state index contributed by atoms with van der Waals surface area (Å²) < 4.78 is 0. The number of aromatic nitrogens is 2. The Labute approximate surface area is 76.4 Å². The highest BCUT2D eigenvalue weighted by atomic mass is 16.1. The van der Waals surface area contributed by atoms with E-state index in [1.54, 1.807) is 6.92 Å². The Morgan fingerprint density at radius 1 is 1.69 bits per heavy atom. The monoisotopic (exact) mass is 180 g/mol. The van der Waals surface area contributed by atoms with Crippen LogP contribution in [-0.4, -0.2) is 22.4 Å². The molecular weight excluding hydrogens is 168 g/mol. The van der Waals surface area contributed by atoms with Gasteiger partial charge in [-0.15, -0.1) is 0 Å². The minimum absolute atomic E-state index is 0.221. The van der Waals surface area contributed by atoms with Gasteiger partial charge < -0.3 is 11.1 Å². The highest BCUT2D eigenvalue weighted by molar-refractivity contribution is 5.97. The van der Waals surface area contributed by atoms with Crippen LogP contribution in [0.4, 0.5) is 5.82 Å². The summed E-state index contributed by atoms with van der Waals surface area (Å²) in [5, 5.41) is 2.62. The largest absolute Gasteiger partial charge is 0.383 e. The summed E-state index contributed by atoms with van der Waals surface area (Å²) in [6.07, 6.45) is 1.43. The lowest BCUT2D eigenvalue weighted by Crippen LogP contribution is -2.24. The SMILES string of the molecule is CCNC(=O)c1cnc(C)nc1N. The molecule has 0 aliphatic rings. The van der Waals surface area contributed by atoms with Gasteiger partial charge in [0.05, 0.1) is 5.56 Å². The van der Waals surface area contributed by atoms with Gasteiger partial charge >= 0.3 is 0 Å². The van der Waals surface area contributed by atoms with Crippen LogP contribution in [0, 0.1) is 6.92 Å². The fraction of sp³-hybridized carbons (Fsp3) is 0.375. The van der Waals surface area contributed by atoms with Crippen molar-refractivity contribution >= 4 is 11.7 Å². The molecule has 0 saturated heterocycles. The second-order valence-electron chi connectivity index (χ2n) is 2.58. The molecule has 1 aromatic rings. The molecule has 70 valence electrons. The number of hydrogen-bond acceptors (Lipinski definition) is 4. The molecule has 0 spiro atoms. The summed E-state index contributed by atoms with van der Waals surface area (Å²) in [5.41, 5.74) is 5.87. The van der Waals surface area contributed by atoms with Crippen molar-refractivity contribution in [2.75, 3.05) is 12.3 Å². The van der Waals surface area contributed by atoms with E-state index in [0.29, 0.717) is 17.9 Å². The molecule has 0 aromatic carbocycles. The average Bonchev–Trinajstić information content (AvgIpc) is 2.04. The molecule has 3 N–H and O–H groups in total. The standard InChI is InChI=1S/C8H12N4O/c1-3-10-8(13)6-4-11-5(2)12-7(6)9/h4H,3H2,1-2H3,(H,10,13)(H2,9,11,12). The molecule has 0 unspecified atom stereocenters. The van der Waals surface area contributed by atoms with E-state index in [-0.39, 0.29) is 11.7 Å². The number of nitrogens with zero attached hydrogens (tertiary/aromatic N) is 2. The van der Waals surface area contributed by atoms with E-state index in [9.17, 15) is 4.79 Å². The molecule has 0 fully saturated rings. The van der Waals surface area contributed by atoms with Gasteiger partial charge in [-0.3, -0.25) is 4.79 Å². The minimum Gasteiger partial charge on any atom is -0.383 e. The number of nitrogen functional groups attached to an aromatic ring is 1. The topological polar surface area (TPSA) is 80.9 Å². The molecular formula is C8H12N4O. The lowest BCUT2D eigenvalue weighted by molar-refractivity contribution is 0.0956. The third kappa shape index (κ3) is 2.14. The van der Waals surface area contributed by atoms with Crippen molar-refractivity contribution in [1.29, 1.82) is 0 Å². The predicted molar refractivity (Wildman–Crippen MR) is 49.2 cm³/mol. The van der Waals surface area contributed by atoms with Crippen molar-refractivity contribution in [1.82, 2.24) is 15.3 Å². The zero-order valence-corrected chi connectivity index (χ0v) is 7.66. The maximum Gasteiger partial charge on any atom is 0.256 e. The van der Waals surface area contributed by atoms with E-state index in [1.165, 1.54) is 6.20 Å². The van der Waals surface area contributed by atoms with E-state index in [0.717, 1.165) is 0 Å². The van der Waals surface area contributed by atoms with Gasteiger partial charge in [0.25, 0.3) is 5.91 Å². The first-order chi connectivity index (χ1) is 6.15. The molecule has 5 heteroatoms. The molecule has 1 aromatic heterocycles. The second-order valence-corrected chi connectivity index (χ2v) is 2.58. The van der Waals surface area contributed by atoms with Crippen molar-refractivity contribution in [3.8, 4) is 0 Å². The van der Waals surface area contributed by atoms with Crippen LogP contribution in [0.3, 0.4) is 0 Å². The average molecular weight is 180 g/mol.